The average molecular weight is 635 g/mol. The number of hydrogen-bond acceptors (Lipinski definition) is 9. The molecule has 9 nitrogen and oxygen atoms in total. The van der Waals surface area contributed by atoms with E-state index in [0.29, 0.717) is 5.78 Å². The Bertz CT molecular complexity index is 1070. The van der Waals surface area contributed by atoms with Crippen LogP contribution in [0.15, 0.2) is 60.7 Å². The molecular formula is C35H60B2N6O3. The van der Waals surface area contributed by atoms with Gasteiger partial charge in [0.1, 0.15) is 5.78 Å². The van der Waals surface area contributed by atoms with Crippen LogP contribution in [0.1, 0.15) is 44.2 Å². The number of ketones is 1. The summed E-state index contributed by atoms with van der Waals surface area (Å²) >= 11 is 0. The van der Waals surface area contributed by atoms with Gasteiger partial charge in [-0.15, -0.1) is 0 Å². The van der Waals surface area contributed by atoms with Gasteiger partial charge in [0.25, 0.3) is 0 Å². The minimum atomic E-state index is -0.296. The largest absolute Gasteiger partial charge is 0.437 e. The predicted octanol–water partition coefficient (Wildman–Crippen LogP) is 2.87. The maximum absolute atomic E-state index is 11.0. The molecular weight excluding hydrogens is 574 g/mol. The van der Waals surface area contributed by atoms with Crippen molar-refractivity contribution in [1.82, 2.24) is 29.6 Å². The molecule has 4 heterocycles. The average Bonchev–Trinajstić information content (AvgIpc) is 3.08. The fourth-order valence-electron chi connectivity index (χ4n) is 6.62. The van der Waals surface area contributed by atoms with Gasteiger partial charge in [-0.05, 0) is 50.7 Å². The van der Waals surface area contributed by atoms with Gasteiger partial charge < -0.3 is 25.0 Å². The highest BCUT2D eigenvalue weighted by Gasteiger charge is 2.29. The molecule has 6 rings (SSSR count). The summed E-state index contributed by atoms with van der Waals surface area (Å²) < 4.78 is 0. The van der Waals surface area contributed by atoms with Gasteiger partial charge >= 0.3 is 14.1 Å². The second kappa shape index (κ2) is 21.0. The van der Waals surface area contributed by atoms with Crippen LogP contribution < -0.4 is 5.32 Å². The Balaban J connectivity index is 0.000000205. The van der Waals surface area contributed by atoms with Gasteiger partial charge in [-0.25, -0.2) is 0 Å². The molecule has 0 saturated carbocycles. The van der Waals surface area contributed by atoms with Crippen LogP contribution in [0.25, 0.3) is 0 Å². The third-order valence-electron chi connectivity index (χ3n) is 9.54. The van der Waals surface area contributed by atoms with E-state index < -0.39 is 0 Å². The molecule has 3 N–H and O–H groups in total. The van der Waals surface area contributed by atoms with E-state index in [0.717, 1.165) is 97.4 Å². The fraction of sp³-hybridized carbons (Fsp3) is 0.629. The first kappa shape index (κ1) is 38.4. The van der Waals surface area contributed by atoms with E-state index in [9.17, 15) is 9.82 Å². The van der Waals surface area contributed by atoms with Gasteiger partial charge in [0.15, 0.2) is 0 Å². The topological polar surface area (TPSA) is 85.8 Å². The van der Waals surface area contributed by atoms with E-state index >= 15 is 0 Å². The van der Waals surface area contributed by atoms with Gasteiger partial charge in [-0.1, -0.05) is 68.1 Å². The van der Waals surface area contributed by atoms with Crippen LogP contribution in [-0.4, -0.2) is 139 Å². The van der Waals surface area contributed by atoms with Crippen LogP contribution in [0.3, 0.4) is 0 Å². The maximum Gasteiger partial charge on any atom is 0.376 e. The summed E-state index contributed by atoms with van der Waals surface area (Å²) in [5, 5.41) is 21.9. The number of piperidine rings is 2. The number of nitrogens with one attached hydrogen (secondary N) is 1. The summed E-state index contributed by atoms with van der Waals surface area (Å²) in [4.78, 5) is 22.8. The first-order valence-electron chi connectivity index (χ1n) is 17.2. The zero-order valence-corrected chi connectivity index (χ0v) is 27.8. The molecule has 2 aromatic carbocycles. The Morgan fingerprint density at radius 3 is 1.52 bits per heavy atom. The van der Waals surface area contributed by atoms with E-state index in [4.69, 9.17) is 5.02 Å². The summed E-state index contributed by atoms with van der Waals surface area (Å²) in [6.07, 6.45) is 4.02. The normalized spacial score (nSPS) is 20.8. The van der Waals surface area contributed by atoms with Gasteiger partial charge in [0, 0.05) is 97.4 Å². The number of piperazine rings is 2. The highest BCUT2D eigenvalue weighted by atomic mass is 16.2. The van der Waals surface area contributed by atoms with Crippen molar-refractivity contribution in [2.45, 2.75) is 65.9 Å². The lowest BCUT2D eigenvalue weighted by molar-refractivity contribution is -0.121. The summed E-state index contributed by atoms with van der Waals surface area (Å²) in [6.45, 7) is 18.2. The first-order valence-corrected chi connectivity index (χ1v) is 17.2. The van der Waals surface area contributed by atoms with Crippen LogP contribution in [0.5, 0.6) is 0 Å². The van der Waals surface area contributed by atoms with Gasteiger partial charge in [0.05, 0.1) is 0 Å². The van der Waals surface area contributed by atoms with Gasteiger partial charge in [0.2, 0.25) is 0 Å². The van der Waals surface area contributed by atoms with Crippen molar-refractivity contribution in [3.8, 4) is 0 Å². The highest BCUT2D eigenvalue weighted by molar-refractivity contribution is 6.45. The van der Waals surface area contributed by atoms with Gasteiger partial charge in [-0.2, -0.15) is 0 Å². The predicted molar refractivity (Wildman–Crippen MR) is 193 cm³/mol. The van der Waals surface area contributed by atoms with E-state index in [-0.39, 0.29) is 21.5 Å². The Hall–Kier alpha value is -2.08. The standard InChI is InChI=1S/C17H28BN3O.C12H15NO.C5H13BN2O.CH4/c1-18(22)21-13-11-20(12-14-21)17-7-9-19(10-8-17)15-16-5-3-2-4-6-16;14-12-6-8-13(9-7-12)10-11-4-2-1-3-5-11;1-6(9)8-4-2-7-3-5-8;/h2-6,17,22H,7-15H2,1H3;1-5H,6-10H2;7,9H,2-5H2,1H3;1H4. The molecule has 0 amide bonds. The quantitative estimate of drug-likeness (QED) is 0.399. The molecule has 254 valence electrons. The molecule has 4 aliphatic rings. The number of rotatable bonds is 7. The first-order chi connectivity index (χ1) is 21.9. The zero-order valence-electron chi connectivity index (χ0n) is 27.8. The van der Waals surface area contributed by atoms with Gasteiger partial charge in [-0.3, -0.25) is 19.5 Å². The second-order valence-corrected chi connectivity index (χ2v) is 12.9. The number of hydrogen-bond donors (Lipinski definition) is 3. The molecule has 0 aliphatic carbocycles. The number of carbonyl (C=O) groups excluding carboxylic acids is 1. The summed E-state index contributed by atoms with van der Waals surface area (Å²) in [6, 6.07) is 22.0. The number of carbonyl (C=O) groups is 1. The second-order valence-electron chi connectivity index (χ2n) is 12.9. The van der Waals surface area contributed by atoms with Crippen LogP contribution >= 0.6 is 0 Å². The van der Waals surface area contributed by atoms with Crippen LogP contribution in [-0.2, 0) is 17.9 Å². The third-order valence-corrected chi connectivity index (χ3v) is 9.54. The van der Waals surface area contributed by atoms with Crippen LogP contribution in [0.4, 0.5) is 0 Å². The maximum atomic E-state index is 11.0. The minimum Gasteiger partial charge on any atom is -0.437 e. The molecule has 11 heteroatoms. The van der Waals surface area contributed by atoms with E-state index in [1.54, 1.807) is 0 Å². The SMILES string of the molecule is C.CB(O)N1CCN(C2CCN(Cc3ccccc3)CC2)CC1.CB(O)N1CCNCC1.O=C1CCN(Cc2ccccc2)CC1. The van der Waals surface area contributed by atoms with E-state index in [1.807, 2.05) is 19.7 Å². The van der Waals surface area contributed by atoms with Crippen molar-refractivity contribution < 1.29 is 14.8 Å². The molecule has 46 heavy (non-hydrogen) atoms. The monoisotopic (exact) mass is 634 g/mol. The van der Waals surface area contributed by atoms with Crippen molar-refractivity contribution in [1.29, 1.82) is 0 Å². The number of benzene rings is 2. The summed E-state index contributed by atoms with van der Waals surface area (Å²) in [5.74, 6) is 0.411. The molecule has 4 saturated heterocycles. The van der Waals surface area contributed by atoms with E-state index in [2.05, 4.69) is 84.2 Å². The molecule has 0 unspecified atom stereocenters. The molecule has 4 aliphatic heterocycles. The summed E-state index contributed by atoms with van der Waals surface area (Å²) in [7, 11) is -0.568. The minimum absolute atomic E-state index is 0. The molecule has 0 radical (unpaired) electrons. The lowest BCUT2D eigenvalue weighted by Gasteiger charge is -2.43. The molecule has 0 aromatic heterocycles. The highest BCUT2D eigenvalue weighted by Crippen LogP contribution is 2.20. The molecule has 0 bridgehead atoms. The van der Waals surface area contributed by atoms with Crippen molar-refractivity contribution in [2.75, 3.05) is 78.5 Å². The Labute approximate surface area is 280 Å². The Kier molecular flexibility index (Phi) is 17.5. The van der Waals surface area contributed by atoms with E-state index in [1.165, 1.54) is 37.1 Å². The third kappa shape index (κ3) is 13.6. The van der Waals surface area contributed by atoms with Crippen molar-refractivity contribution >= 4 is 19.9 Å². The lowest BCUT2D eigenvalue weighted by Crippen LogP contribution is -2.55. The zero-order chi connectivity index (χ0) is 31.9. The van der Waals surface area contributed by atoms with Crippen LogP contribution in [0.2, 0.25) is 13.6 Å². The molecule has 4 fully saturated rings. The Morgan fingerprint density at radius 1 is 0.652 bits per heavy atom. The number of Topliss-reactive ketones (excluding diaryl/α,β-unsaturated/α-hetero) is 1. The van der Waals surface area contributed by atoms with Crippen molar-refractivity contribution in [3.63, 3.8) is 0 Å². The summed E-state index contributed by atoms with van der Waals surface area (Å²) in [5.41, 5.74) is 2.76. The van der Waals surface area contributed by atoms with Crippen molar-refractivity contribution in [3.05, 3.63) is 71.8 Å². The number of likely N-dealkylation sites (tertiary alicyclic amines) is 2. The molecule has 0 atom stereocenters. The smallest absolute Gasteiger partial charge is 0.376 e. The van der Waals surface area contributed by atoms with Crippen molar-refractivity contribution in [2.24, 2.45) is 0 Å². The van der Waals surface area contributed by atoms with Crippen LogP contribution in [0, 0.1) is 0 Å². The molecule has 0 spiro atoms. The molecule has 2 aromatic rings. The number of nitrogens with zero attached hydrogens (tertiary/aromatic N) is 5. The fourth-order valence-corrected chi connectivity index (χ4v) is 6.62. The lowest BCUT2D eigenvalue weighted by atomic mass is 9.84. The Morgan fingerprint density at radius 2 is 1.09 bits per heavy atom.